The Balaban J connectivity index is 1.60. The van der Waals surface area contributed by atoms with Gasteiger partial charge in [-0.3, -0.25) is 4.79 Å². The molecule has 3 aromatic rings. The largest absolute Gasteiger partial charge is 0.387 e. The van der Waals surface area contributed by atoms with Gasteiger partial charge in [0.05, 0.1) is 11.7 Å². The molecule has 5 nitrogen and oxygen atoms in total. The minimum absolute atomic E-state index is 0.0877. The fraction of sp³-hybridized carbons (Fsp3) is 0.100. The Morgan fingerprint density at radius 1 is 1.12 bits per heavy atom. The monoisotopic (exact) mass is 331 g/mol. The molecule has 3 N–H and O–H groups in total. The molecule has 0 aliphatic carbocycles. The summed E-state index contributed by atoms with van der Waals surface area (Å²) in [5.41, 5.74) is 3.59. The van der Waals surface area contributed by atoms with Gasteiger partial charge >= 0.3 is 0 Å². The Labute approximate surface area is 145 Å². The van der Waals surface area contributed by atoms with E-state index in [1.54, 1.807) is 0 Å². The number of carbonyl (C=O) groups is 1. The lowest BCUT2D eigenvalue weighted by molar-refractivity contribution is 0.0912. The summed E-state index contributed by atoms with van der Waals surface area (Å²) in [4.78, 5) is 14.7. The van der Waals surface area contributed by atoms with Crippen molar-refractivity contribution in [3.8, 4) is 17.2 Å². The van der Waals surface area contributed by atoms with Gasteiger partial charge in [-0.2, -0.15) is 5.26 Å². The Morgan fingerprint density at radius 2 is 1.80 bits per heavy atom. The summed E-state index contributed by atoms with van der Waals surface area (Å²) in [6.07, 6.45) is 0.660. The second-order valence-corrected chi connectivity index (χ2v) is 5.63. The van der Waals surface area contributed by atoms with Gasteiger partial charge in [-0.25, -0.2) is 0 Å². The van der Waals surface area contributed by atoms with Crippen molar-refractivity contribution >= 4 is 5.91 Å². The SMILES string of the molecule is N#Cc1c[nH]c(C(=O)NC[C@@H](O)c2ccc(-c3ccccc3)cc2)c1. The maximum Gasteiger partial charge on any atom is 0.267 e. The number of rotatable bonds is 5. The van der Waals surface area contributed by atoms with Crippen LogP contribution in [-0.2, 0) is 0 Å². The first kappa shape index (κ1) is 16.5. The lowest BCUT2D eigenvalue weighted by atomic mass is 10.0. The van der Waals surface area contributed by atoms with Gasteiger partial charge in [0.2, 0.25) is 0 Å². The molecule has 0 fully saturated rings. The first-order chi connectivity index (χ1) is 12.2. The molecular weight excluding hydrogens is 314 g/mol. The number of nitrogens with zero attached hydrogens (tertiary/aromatic N) is 1. The molecule has 0 saturated heterocycles. The molecule has 0 saturated carbocycles. The maximum atomic E-state index is 12.0. The number of hydrogen-bond acceptors (Lipinski definition) is 3. The van der Waals surface area contributed by atoms with Gasteiger partial charge in [0.15, 0.2) is 0 Å². The van der Waals surface area contributed by atoms with E-state index in [4.69, 9.17) is 5.26 Å². The van der Waals surface area contributed by atoms with E-state index in [-0.39, 0.29) is 12.5 Å². The van der Waals surface area contributed by atoms with E-state index in [1.165, 1.54) is 12.3 Å². The van der Waals surface area contributed by atoms with Crippen LogP contribution in [0.1, 0.15) is 27.7 Å². The highest BCUT2D eigenvalue weighted by atomic mass is 16.3. The van der Waals surface area contributed by atoms with Crippen molar-refractivity contribution in [1.29, 1.82) is 5.26 Å². The molecular formula is C20H17N3O2. The Bertz CT molecular complexity index is 893. The molecule has 0 aliphatic rings. The first-order valence-electron chi connectivity index (χ1n) is 7.87. The fourth-order valence-corrected chi connectivity index (χ4v) is 2.52. The van der Waals surface area contributed by atoms with Crippen LogP contribution in [0.4, 0.5) is 0 Å². The average molecular weight is 331 g/mol. The van der Waals surface area contributed by atoms with Crippen LogP contribution in [0, 0.1) is 11.3 Å². The quantitative estimate of drug-likeness (QED) is 0.671. The van der Waals surface area contributed by atoms with E-state index in [1.807, 2.05) is 60.7 Å². The number of hydrogen-bond donors (Lipinski definition) is 3. The number of amides is 1. The van der Waals surface area contributed by atoms with Crippen molar-refractivity contribution in [3.05, 3.63) is 83.7 Å². The number of nitrogens with one attached hydrogen (secondary N) is 2. The molecule has 1 amide bonds. The van der Waals surface area contributed by atoms with Crippen LogP contribution < -0.4 is 5.32 Å². The number of aliphatic hydroxyl groups excluding tert-OH is 1. The number of H-pyrrole nitrogens is 1. The van der Waals surface area contributed by atoms with Crippen LogP contribution in [0.2, 0.25) is 0 Å². The van der Waals surface area contributed by atoms with Crippen LogP contribution in [-0.4, -0.2) is 22.5 Å². The number of benzene rings is 2. The molecule has 0 radical (unpaired) electrons. The number of aromatic nitrogens is 1. The van der Waals surface area contributed by atoms with Crippen molar-refractivity contribution in [3.63, 3.8) is 0 Å². The highest BCUT2D eigenvalue weighted by molar-refractivity contribution is 5.92. The average Bonchev–Trinajstić information content (AvgIpc) is 3.16. The normalized spacial score (nSPS) is 11.5. The third kappa shape index (κ3) is 3.94. The second-order valence-electron chi connectivity index (χ2n) is 5.63. The lowest BCUT2D eigenvalue weighted by Gasteiger charge is -2.12. The minimum Gasteiger partial charge on any atom is -0.387 e. The highest BCUT2D eigenvalue weighted by Crippen LogP contribution is 2.21. The van der Waals surface area contributed by atoms with Crippen molar-refractivity contribution < 1.29 is 9.90 Å². The molecule has 0 aliphatic heterocycles. The molecule has 2 aromatic carbocycles. The van der Waals surface area contributed by atoms with Crippen LogP contribution in [0.5, 0.6) is 0 Å². The van der Waals surface area contributed by atoms with Crippen molar-refractivity contribution in [2.75, 3.05) is 6.54 Å². The number of nitriles is 1. The zero-order valence-electron chi connectivity index (χ0n) is 13.4. The molecule has 5 heteroatoms. The van der Waals surface area contributed by atoms with E-state index in [0.717, 1.165) is 16.7 Å². The number of aromatic amines is 1. The van der Waals surface area contributed by atoms with Gasteiger partial charge in [-0.15, -0.1) is 0 Å². The van der Waals surface area contributed by atoms with Gasteiger partial charge in [-0.1, -0.05) is 54.6 Å². The van der Waals surface area contributed by atoms with Crippen LogP contribution in [0.15, 0.2) is 66.9 Å². The predicted octanol–water partition coefficient (Wildman–Crippen LogP) is 3.02. The standard InChI is InChI=1S/C20H17N3O2/c21-11-14-10-18(22-12-14)20(25)23-13-19(24)17-8-6-16(7-9-17)15-4-2-1-3-5-15/h1-10,12,19,22,24H,13H2,(H,23,25)/t19-/m1/s1. The smallest absolute Gasteiger partial charge is 0.267 e. The highest BCUT2D eigenvalue weighted by Gasteiger charge is 2.12. The second kappa shape index (κ2) is 7.47. The van der Waals surface area contributed by atoms with Gasteiger partial charge < -0.3 is 15.4 Å². The zero-order valence-corrected chi connectivity index (χ0v) is 13.4. The fourth-order valence-electron chi connectivity index (χ4n) is 2.52. The van der Waals surface area contributed by atoms with Gasteiger partial charge in [0.1, 0.15) is 11.8 Å². The maximum absolute atomic E-state index is 12.0. The topological polar surface area (TPSA) is 88.9 Å². The summed E-state index contributed by atoms with van der Waals surface area (Å²) in [5.74, 6) is -0.360. The summed E-state index contributed by atoms with van der Waals surface area (Å²) in [6.45, 7) is 0.0877. The minimum atomic E-state index is -0.806. The van der Waals surface area contributed by atoms with Crippen molar-refractivity contribution in [2.45, 2.75) is 6.10 Å². The predicted molar refractivity (Wildman–Crippen MR) is 94.7 cm³/mol. The van der Waals surface area contributed by atoms with E-state index in [2.05, 4.69) is 10.3 Å². The van der Waals surface area contributed by atoms with Crippen LogP contribution in [0.25, 0.3) is 11.1 Å². The molecule has 0 bridgehead atoms. The Morgan fingerprint density at radius 3 is 2.44 bits per heavy atom. The van der Waals surface area contributed by atoms with Crippen LogP contribution in [0.3, 0.4) is 0 Å². The zero-order chi connectivity index (χ0) is 17.6. The van der Waals surface area contributed by atoms with Crippen molar-refractivity contribution in [1.82, 2.24) is 10.3 Å². The molecule has 1 heterocycles. The number of aliphatic hydroxyl groups is 1. The Hall–Kier alpha value is -3.36. The summed E-state index contributed by atoms with van der Waals surface area (Å²) in [6, 6.07) is 21.0. The van der Waals surface area contributed by atoms with E-state index >= 15 is 0 Å². The third-order valence-corrected chi connectivity index (χ3v) is 3.92. The molecule has 0 unspecified atom stereocenters. The molecule has 1 atom stereocenters. The summed E-state index contributed by atoms with van der Waals surface area (Å²) < 4.78 is 0. The molecule has 25 heavy (non-hydrogen) atoms. The van der Waals surface area contributed by atoms with Crippen LogP contribution >= 0.6 is 0 Å². The number of carbonyl (C=O) groups excluding carboxylic acids is 1. The summed E-state index contributed by atoms with van der Waals surface area (Å²) in [7, 11) is 0. The van der Waals surface area contributed by atoms with E-state index in [0.29, 0.717) is 11.3 Å². The molecule has 124 valence electrons. The van der Waals surface area contributed by atoms with Crippen molar-refractivity contribution in [2.24, 2.45) is 0 Å². The van der Waals surface area contributed by atoms with E-state index in [9.17, 15) is 9.90 Å². The van der Waals surface area contributed by atoms with Gasteiger partial charge in [0, 0.05) is 12.7 Å². The molecule has 0 spiro atoms. The first-order valence-corrected chi connectivity index (χ1v) is 7.87. The van der Waals surface area contributed by atoms with Gasteiger partial charge in [-0.05, 0) is 22.8 Å². The summed E-state index contributed by atoms with van der Waals surface area (Å²) in [5, 5.41) is 21.7. The van der Waals surface area contributed by atoms with Gasteiger partial charge in [0.25, 0.3) is 5.91 Å². The molecule has 3 rings (SSSR count). The van der Waals surface area contributed by atoms with E-state index < -0.39 is 6.10 Å². The Kier molecular flexibility index (Phi) is 4.93. The molecule has 1 aromatic heterocycles. The third-order valence-electron chi connectivity index (χ3n) is 3.92. The lowest BCUT2D eigenvalue weighted by Crippen LogP contribution is -2.28. The summed E-state index contributed by atoms with van der Waals surface area (Å²) >= 11 is 0.